The summed E-state index contributed by atoms with van der Waals surface area (Å²) in [5.74, 6) is -0.309. The minimum Gasteiger partial charge on any atom is -0.444 e. The summed E-state index contributed by atoms with van der Waals surface area (Å²) >= 11 is 0. The van der Waals surface area contributed by atoms with Gasteiger partial charge in [0, 0.05) is 6.54 Å². The van der Waals surface area contributed by atoms with Crippen molar-refractivity contribution < 1.29 is 14.3 Å². The summed E-state index contributed by atoms with van der Waals surface area (Å²) in [4.78, 5) is 25.3. The fourth-order valence-corrected chi connectivity index (χ4v) is 2.30. The number of ether oxygens (including phenoxy) is 1. The molecule has 0 radical (unpaired) electrons. The molecule has 1 fully saturated rings. The second-order valence-corrected chi connectivity index (χ2v) is 6.53. The predicted octanol–water partition coefficient (Wildman–Crippen LogP) is 1.80. The third kappa shape index (κ3) is 3.86. The summed E-state index contributed by atoms with van der Waals surface area (Å²) in [7, 11) is 0. The Hall–Kier alpha value is -1.77. The SMILES string of the molecule is CC(C)(C)OC(=O)N1CC[C@@H](NC(=O)CC#N)C1(C)C. The molecule has 1 atom stereocenters. The van der Waals surface area contributed by atoms with Crippen LogP contribution in [0.15, 0.2) is 0 Å². The molecule has 0 aromatic heterocycles. The van der Waals surface area contributed by atoms with Crippen molar-refractivity contribution in [1.29, 1.82) is 5.26 Å². The number of nitrogens with one attached hydrogen (secondary N) is 1. The third-order valence-electron chi connectivity index (χ3n) is 3.38. The van der Waals surface area contributed by atoms with E-state index in [0.717, 1.165) is 0 Å². The molecule has 0 aromatic carbocycles. The number of carbonyl (C=O) groups excluding carboxylic acids is 2. The molecule has 1 N–H and O–H groups in total. The molecule has 1 heterocycles. The lowest BCUT2D eigenvalue weighted by Crippen LogP contribution is -2.54. The number of carbonyl (C=O) groups is 2. The van der Waals surface area contributed by atoms with Crippen LogP contribution in [0.4, 0.5) is 4.79 Å². The Morgan fingerprint density at radius 3 is 2.55 bits per heavy atom. The van der Waals surface area contributed by atoms with Gasteiger partial charge in [0.25, 0.3) is 0 Å². The lowest BCUT2D eigenvalue weighted by molar-refractivity contribution is -0.121. The second-order valence-electron chi connectivity index (χ2n) is 6.53. The fourth-order valence-electron chi connectivity index (χ4n) is 2.30. The minimum absolute atomic E-state index is 0.168. The van der Waals surface area contributed by atoms with Gasteiger partial charge in [0.05, 0.1) is 17.6 Å². The van der Waals surface area contributed by atoms with E-state index in [1.807, 2.05) is 40.7 Å². The molecule has 1 aliphatic rings. The summed E-state index contributed by atoms with van der Waals surface area (Å²) in [5, 5.41) is 11.3. The summed E-state index contributed by atoms with van der Waals surface area (Å²) in [6.07, 6.45) is 0.113. The molecule has 1 aliphatic heterocycles. The largest absolute Gasteiger partial charge is 0.444 e. The van der Waals surface area contributed by atoms with Crippen molar-refractivity contribution in [2.45, 2.75) is 64.6 Å². The fraction of sp³-hybridized carbons (Fsp3) is 0.786. The number of rotatable bonds is 2. The van der Waals surface area contributed by atoms with Crippen LogP contribution in [-0.2, 0) is 9.53 Å². The molecule has 0 bridgehead atoms. The number of amides is 2. The van der Waals surface area contributed by atoms with Crippen LogP contribution in [0.25, 0.3) is 0 Å². The zero-order chi connectivity index (χ0) is 15.6. The predicted molar refractivity (Wildman–Crippen MR) is 73.8 cm³/mol. The maximum Gasteiger partial charge on any atom is 0.410 e. The first kappa shape index (κ1) is 16.3. The van der Waals surface area contributed by atoms with Crippen molar-refractivity contribution in [3.05, 3.63) is 0 Å². The van der Waals surface area contributed by atoms with E-state index in [0.29, 0.717) is 13.0 Å². The van der Waals surface area contributed by atoms with Crippen molar-refractivity contribution >= 4 is 12.0 Å². The molecule has 20 heavy (non-hydrogen) atoms. The summed E-state index contributed by atoms with van der Waals surface area (Å²) < 4.78 is 5.38. The van der Waals surface area contributed by atoms with Gasteiger partial charge in [0.1, 0.15) is 12.0 Å². The summed E-state index contributed by atoms with van der Waals surface area (Å²) in [6.45, 7) is 9.77. The monoisotopic (exact) mass is 281 g/mol. The molecule has 6 nitrogen and oxygen atoms in total. The van der Waals surface area contributed by atoms with Gasteiger partial charge in [0.15, 0.2) is 0 Å². The van der Waals surface area contributed by atoms with Crippen molar-refractivity contribution in [2.75, 3.05) is 6.54 Å². The lowest BCUT2D eigenvalue weighted by Gasteiger charge is -2.36. The molecule has 1 saturated heterocycles. The Kier molecular flexibility index (Phi) is 4.64. The van der Waals surface area contributed by atoms with Crippen LogP contribution in [0.1, 0.15) is 47.5 Å². The molecule has 1 rings (SSSR count). The van der Waals surface area contributed by atoms with Crippen LogP contribution >= 0.6 is 0 Å². The topological polar surface area (TPSA) is 82.4 Å². The van der Waals surface area contributed by atoms with Crippen LogP contribution in [-0.4, -0.2) is 40.6 Å². The van der Waals surface area contributed by atoms with Crippen LogP contribution in [0.2, 0.25) is 0 Å². The van der Waals surface area contributed by atoms with Gasteiger partial charge in [-0.05, 0) is 41.0 Å². The van der Waals surface area contributed by atoms with Crippen molar-refractivity contribution in [3.8, 4) is 6.07 Å². The van der Waals surface area contributed by atoms with E-state index < -0.39 is 11.1 Å². The highest BCUT2D eigenvalue weighted by Crippen LogP contribution is 2.30. The van der Waals surface area contributed by atoms with Gasteiger partial charge >= 0.3 is 6.09 Å². The maximum absolute atomic E-state index is 12.2. The van der Waals surface area contributed by atoms with Gasteiger partial charge in [-0.1, -0.05) is 0 Å². The normalized spacial score (nSPS) is 21.2. The Bertz CT molecular complexity index is 432. The van der Waals surface area contributed by atoms with E-state index in [4.69, 9.17) is 10.00 Å². The molecule has 0 spiro atoms. The number of nitrogens with zero attached hydrogens (tertiary/aromatic N) is 2. The van der Waals surface area contributed by atoms with Gasteiger partial charge in [-0.15, -0.1) is 0 Å². The molecule has 112 valence electrons. The van der Waals surface area contributed by atoms with Crippen LogP contribution < -0.4 is 5.32 Å². The number of hydrogen-bond donors (Lipinski definition) is 1. The first-order valence-corrected chi connectivity index (χ1v) is 6.75. The Balaban J connectivity index is 2.73. The Morgan fingerprint density at radius 1 is 1.45 bits per heavy atom. The number of nitriles is 1. The van der Waals surface area contributed by atoms with Gasteiger partial charge < -0.3 is 15.0 Å². The van der Waals surface area contributed by atoms with Crippen molar-refractivity contribution in [3.63, 3.8) is 0 Å². The second kappa shape index (κ2) is 5.70. The average Bonchev–Trinajstić information content (AvgIpc) is 2.52. The van der Waals surface area contributed by atoms with Crippen molar-refractivity contribution in [1.82, 2.24) is 10.2 Å². The van der Waals surface area contributed by atoms with Crippen LogP contribution in [0.3, 0.4) is 0 Å². The average molecular weight is 281 g/mol. The molecular formula is C14H23N3O3. The first-order valence-electron chi connectivity index (χ1n) is 6.75. The standard InChI is InChI=1S/C14H23N3O3/c1-13(2,3)20-12(19)17-9-7-10(14(17,4)5)16-11(18)6-8-15/h10H,6-7,9H2,1-5H3,(H,16,18)/t10-/m1/s1. The Labute approximate surface area is 120 Å². The molecular weight excluding hydrogens is 258 g/mol. The summed E-state index contributed by atoms with van der Waals surface area (Å²) in [6, 6.07) is 1.65. The van der Waals surface area contributed by atoms with E-state index in [1.54, 1.807) is 4.90 Å². The summed E-state index contributed by atoms with van der Waals surface area (Å²) in [5.41, 5.74) is -1.08. The highest BCUT2D eigenvalue weighted by molar-refractivity contribution is 5.79. The van der Waals surface area contributed by atoms with E-state index in [1.165, 1.54) is 0 Å². The van der Waals surface area contributed by atoms with E-state index in [-0.39, 0.29) is 24.5 Å². The molecule has 0 unspecified atom stereocenters. The number of hydrogen-bond acceptors (Lipinski definition) is 4. The highest BCUT2D eigenvalue weighted by Gasteiger charge is 2.45. The third-order valence-corrected chi connectivity index (χ3v) is 3.38. The highest BCUT2D eigenvalue weighted by atomic mass is 16.6. The molecule has 6 heteroatoms. The van der Waals surface area contributed by atoms with E-state index in [2.05, 4.69) is 5.32 Å². The quantitative estimate of drug-likeness (QED) is 0.836. The first-order chi connectivity index (χ1) is 9.08. The van der Waals surface area contributed by atoms with Gasteiger partial charge in [-0.25, -0.2) is 4.79 Å². The number of likely N-dealkylation sites (tertiary alicyclic amines) is 1. The van der Waals surface area contributed by atoms with Crippen LogP contribution in [0, 0.1) is 11.3 Å². The Morgan fingerprint density at radius 2 is 2.05 bits per heavy atom. The van der Waals surface area contributed by atoms with E-state index >= 15 is 0 Å². The molecule has 2 amide bonds. The van der Waals surface area contributed by atoms with Gasteiger partial charge in [-0.3, -0.25) is 4.79 Å². The van der Waals surface area contributed by atoms with Crippen molar-refractivity contribution in [2.24, 2.45) is 0 Å². The molecule has 0 saturated carbocycles. The van der Waals surface area contributed by atoms with E-state index in [9.17, 15) is 9.59 Å². The zero-order valence-electron chi connectivity index (χ0n) is 12.8. The zero-order valence-corrected chi connectivity index (χ0v) is 12.8. The smallest absolute Gasteiger partial charge is 0.410 e. The van der Waals surface area contributed by atoms with Crippen LogP contribution in [0.5, 0.6) is 0 Å². The molecule has 0 aromatic rings. The van der Waals surface area contributed by atoms with Gasteiger partial charge in [-0.2, -0.15) is 5.26 Å². The lowest BCUT2D eigenvalue weighted by atomic mass is 9.96. The minimum atomic E-state index is -0.546. The molecule has 0 aliphatic carbocycles. The van der Waals surface area contributed by atoms with Gasteiger partial charge in [0.2, 0.25) is 5.91 Å². The maximum atomic E-state index is 12.2.